The zero-order valence-electron chi connectivity index (χ0n) is 19.8. The molecule has 2 aromatic carbocycles. The molecule has 2 aromatic rings. The molecule has 1 heterocycles. The van der Waals surface area contributed by atoms with Crippen molar-refractivity contribution in [2.45, 2.75) is 25.0 Å². The predicted octanol–water partition coefficient (Wildman–Crippen LogP) is 3.41. The number of rotatable bonds is 11. The molecular formula is C26H35ClN4O2. The van der Waals surface area contributed by atoms with Crippen LogP contribution in [0.1, 0.15) is 17.5 Å². The van der Waals surface area contributed by atoms with E-state index in [1.54, 1.807) is 7.11 Å². The van der Waals surface area contributed by atoms with Gasteiger partial charge < -0.3 is 20.3 Å². The van der Waals surface area contributed by atoms with Crippen LogP contribution in [0.2, 0.25) is 5.02 Å². The van der Waals surface area contributed by atoms with Crippen molar-refractivity contribution < 1.29 is 9.53 Å². The molecule has 1 amide bonds. The van der Waals surface area contributed by atoms with Crippen LogP contribution in [0.5, 0.6) is 0 Å². The molecule has 1 aliphatic rings. The van der Waals surface area contributed by atoms with Gasteiger partial charge in [-0.1, -0.05) is 54.1 Å². The van der Waals surface area contributed by atoms with Crippen LogP contribution in [0.25, 0.3) is 6.08 Å². The van der Waals surface area contributed by atoms with Crippen molar-refractivity contribution in [3.8, 4) is 0 Å². The van der Waals surface area contributed by atoms with Crippen LogP contribution >= 0.6 is 11.6 Å². The third-order valence-corrected chi connectivity index (χ3v) is 6.26. The van der Waals surface area contributed by atoms with Gasteiger partial charge in [-0.2, -0.15) is 0 Å². The molecule has 3 rings (SSSR count). The molecule has 1 aliphatic heterocycles. The minimum Gasteiger partial charge on any atom is -0.383 e. The van der Waals surface area contributed by atoms with Crippen LogP contribution in [0.15, 0.2) is 54.6 Å². The van der Waals surface area contributed by atoms with Gasteiger partial charge in [0.1, 0.15) is 0 Å². The predicted molar refractivity (Wildman–Crippen MR) is 137 cm³/mol. The number of amides is 1. The molecule has 0 spiro atoms. The fraction of sp³-hybridized carbons (Fsp3) is 0.423. The van der Waals surface area contributed by atoms with Crippen molar-refractivity contribution >= 4 is 29.3 Å². The summed E-state index contributed by atoms with van der Waals surface area (Å²) in [5.74, 6) is 0.0416. The fourth-order valence-electron chi connectivity index (χ4n) is 4.05. The van der Waals surface area contributed by atoms with E-state index in [2.05, 4.69) is 56.9 Å². The van der Waals surface area contributed by atoms with Crippen molar-refractivity contribution in [1.82, 2.24) is 15.5 Å². The van der Waals surface area contributed by atoms with Crippen molar-refractivity contribution in [2.75, 3.05) is 52.3 Å². The summed E-state index contributed by atoms with van der Waals surface area (Å²) in [6, 6.07) is 16.3. The molecule has 0 bridgehead atoms. The molecule has 7 heteroatoms. The zero-order valence-corrected chi connectivity index (χ0v) is 20.5. The van der Waals surface area contributed by atoms with E-state index in [9.17, 15) is 4.79 Å². The third-order valence-electron chi connectivity index (χ3n) is 5.89. The Morgan fingerprint density at radius 1 is 1.21 bits per heavy atom. The lowest BCUT2D eigenvalue weighted by Gasteiger charge is -2.24. The van der Waals surface area contributed by atoms with Gasteiger partial charge in [-0.05, 0) is 35.7 Å². The third kappa shape index (κ3) is 7.57. The molecular weight excluding hydrogens is 436 g/mol. The Bertz CT molecular complexity index is 917. The Kier molecular flexibility index (Phi) is 9.76. The van der Waals surface area contributed by atoms with E-state index >= 15 is 0 Å². The number of carbonyl (C=O) groups is 1. The molecule has 33 heavy (non-hydrogen) atoms. The van der Waals surface area contributed by atoms with Gasteiger partial charge in [-0.25, -0.2) is 0 Å². The molecule has 6 nitrogen and oxygen atoms in total. The van der Waals surface area contributed by atoms with Crippen LogP contribution < -0.4 is 15.5 Å². The van der Waals surface area contributed by atoms with Crippen LogP contribution in [0.3, 0.4) is 0 Å². The van der Waals surface area contributed by atoms with E-state index in [1.807, 2.05) is 38.4 Å². The number of nitrogens with zero attached hydrogens (tertiary/aromatic N) is 2. The van der Waals surface area contributed by atoms with E-state index in [0.717, 1.165) is 30.1 Å². The normalized spacial score (nSPS) is 18.7. The van der Waals surface area contributed by atoms with Gasteiger partial charge in [0, 0.05) is 64.1 Å². The maximum Gasteiger partial charge on any atom is 0.237 e. The molecule has 178 valence electrons. The van der Waals surface area contributed by atoms with Gasteiger partial charge in [0.05, 0.1) is 12.6 Å². The lowest BCUT2D eigenvalue weighted by atomic mass is 10.1. The Morgan fingerprint density at radius 3 is 2.67 bits per heavy atom. The number of halogens is 1. The second kappa shape index (κ2) is 12.8. The summed E-state index contributed by atoms with van der Waals surface area (Å²) in [5.41, 5.74) is 3.39. The maximum absolute atomic E-state index is 12.9. The average Bonchev–Trinajstić information content (AvgIpc) is 3.21. The highest BCUT2D eigenvalue weighted by molar-refractivity contribution is 6.31. The average molecular weight is 471 g/mol. The number of ether oxygens (including phenoxy) is 1. The van der Waals surface area contributed by atoms with Gasteiger partial charge in [-0.15, -0.1) is 0 Å². The first-order valence-corrected chi connectivity index (χ1v) is 11.8. The highest BCUT2D eigenvalue weighted by Gasteiger charge is 2.36. The smallest absolute Gasteiger partial charge is 0.237 e. The molecule has 1 saturated heterocycles. The standard InChI is InChI=1S/C26H35ClN4O2/c1-30(2)23-12-10-20(11-13-23)7-6-14-28-22-17-25(26(32)29-15-16-33-3)31(19-22)18-21-8-4-5-9-24(21)27/h4-13,22,25,28H,14-19H2,1-3H3,(H,29,32)/b7-6+/t22-,25-/m0/s1. The van der Waals surface area contributed by atoms with Crippen LogP contribution in [0, 0.1) is 0 Å². The van der Waals surface area contributed by atoms with Gasteiger partial charge in [0.15, 0.2) is 0 Å². The van der Waals surface area contributed by atoms with Gasteiger partial charge in [0.25, 0.3) is 0 Å². The number of anilines is 1. The summed E-state index contributed by atoms with van der Waals surface area (Å²) in [6.45, 7) is 3.20. The number of hydrogen-bond donors (Lipinski definition) is 2. The molecule has 1 fully saturated rings. The lowest BCUT2D eigenvalue weighted by molar-refractivity contribution is -0.125. The second-order valence-corrected chi connectivity index (χ2v) is 8.96. The largest absolute Gasteiger partial charge is 0.383 e. The number of methoxy groups -OCH3 is 1. The molecule has 2 N–H and O–H groups in total. The molecule has 2 atom stereocenters. The summed E-state index contributed by atoms with van der Waals surface area (Å²) in [7, 11) is 5.71. The van der Waals surface area contributed by atoms with E-state index in [1.165, 1.54) is 11.3 Å². The van der Waals surface area contributed by atoms with Crippen LogP contribution in [-0.4, -0.2) is 70.3 Å². The number of carbonyl (C=O) groups excluding carboxylic acids is 1. The SMILES string of the molecule is COCCNC(=O)[C@@H]1C[C@H](NC/C=C/c2ccc(N(C)C)cc2)CN1Cc1ccccc1Cl. The van der Waals surface area contributed by atoms with Gasteiger partial charge in [-0.3, -0.25) is 9.69 Å². The number of likely N-dealkylation sites (tertiary alicyclic amines) is 1. The summed E-state index contributed by atoms with van der Waals surface area (Å²) in [6.07, 6.45) is 5.02. The zero-order chi connectivity index (χ0) is 23.6. The van der Waals surface area contributed by atoms with Crippen LogP contribution in [0.4, 0.5) is 5.69 Å². The maximum atomic E-state index is 12.9. The van der Waals surface area contributed by atoms with Gasteiger partial charge >= 0.3 is 0 Å². The Labute approximate surface area is 202 Å². The summed E-state index contributed by atoms with van der Waals surface area (Å²) in [4.78, 5) is 17.2. The summed E-state index contributed by atoms with van der Waals surface area (Å²) >= 11 is 6.39. The van der Waals surface area contributed by atoms with E-state index in [-0.39, 0.29) is 18.0 Å². The molecule has 0 radical (unpaired) electrons. The quantitative estimate of drug-likeness (QED) is 0.493. The highest BCUT2D eigenvalue weighted by Crippen LogP contribution is 2.24. The van der Waals surface area contributed by atoms with Crippen molar-refractivity contribution in [3.63, 3.8) is 0 Å². The lowest BCUT2D eigenvalue weighted by Crippen LogP contribution is -2.43. The topological polar surface area (TPSA) is 56.8 Å². The summed E-state index contributed by atoms with van der Waals surface area (Å²) in [5, 5.41) is 7.32. The molecule has 0 aromatic heterocycles. The Hall–Kier alpha value is -2.38. The van der Waals surface area contributed by atoms with E-state index in [4.69, 9.17) is 16.3 Å². The first-order valence-electron chi connectivity index (χ1n) is 11.4. The van der Waals surface area contributed by atoms with Crippen LogP contribution in [-0.2, 0) is 16.1 Å². The fourth-order valence-corrected chi connectivity index (χ4v) is 4.25. The first-order chi connectivity index (χ1) is 16.0. The second-order valence-electron chi connectivity index (χ2n) is 8.55. The summed E-state index contributed by atoms with van der Waals surface area (Å²) < 4.78 is 5.07. The highest BCUT2D eigenvalue weighted by atomic mass is 35.5. The van der Waals surface area contributed by atoms with Crippen molar-refractivity contribution in [1.29, 1.82) is 0 Å². The number of hydrogen-bond acceptors (Lipinski definition) is 5. The van der Waals surface area contributed by atoms with E-state index < -0.39 is 0 Å². The van der Waals surface area contributed by atoms with Crippen molar-refractivity contribution in [2.24, 2.45) is 0 Å². The first kappa shape index (κ1) is 25.2. The monoisotopic (exact) mass is 470 g/mol. The van der Waals surface area contributed by atoms with Crippen molar-refractivity contribution in [3.05, 3.63) is 70.8 Å². The molecule has 0 aliphatic carbocycles. The number of nitrogens with one attached hydrogen (secondary N) is 2. The Morgan fingerprint density at radius 2 is 1.97 bits per heavy atom. The Balaban J connectivity index is 1.57. The molecule has 0 unspecified atom stereocenters. The number of benzene rings is 2. The minimum atomic E-state index is -0.196. The molecule has 0 saturated carbocycles. The van der Waals surface area contributed by atoms with Gasteiger partial charge in [0.2, 0.25) is 5.91 Å². The van der Waals surface area contributed by atoms with E-state index in [0.29, 0.717) is 19.7 Å². The minimum absolute atomic E-state index is 0.0416.